The first-order chi connectivity index (χ1) is 10.3. The first kappa shape index (κ1) is 14.2. The maximum atomic E-state index is 12.4. The molecule has 1 aromatic rings. The summed E-state index contributed by atoms with van der Waals surface area (Å²) in [5, 5.41) is 0. The van der Waals surface area contributed by atoms with Crippen LogP contribution in [0.1, 0.15) is 25.7 Å². The molecule has 0 bridgehead atoms. The number of amides is 1. The Kier molecular flexibility index (Phi) is 4.29. The number of morpholine rings is 1. The van der Waals surface area contributed by atoms with Crippen molar-refractivity contribution in [1.29, 1.82) is 0 Å². The Hall–Kier alpha value is -1.75. The molecule has 21 heavy (non-hydrogen) atoms. The summed E-state index contributed by atoms with van der Waals surface area (Å²) in [5.41, 5.74) is 6.38. The normalized spacial score (nSPS) is 25.2. The molecule has 0 radical (unpaired) electrons. The van der Waals surface area contributed by atoms with Crippen molar-refractivity contribution < 1.29 is 14.3 Å². The predicted octanol–water partition coefficient (Wildman–Crippen LogP) is 1.82. The Labute approximate surface area is 125 Å². The van der Waals surface area contributed by atoms with Gasteiger partial charge in [-0.25, -0.2) is 0 Å². The molecule has 0 spiro atoms. The van der Waals surface area contributed by atoms with Gasteiger partial charge in [0.15, 0.2) is 6.61 Å². The number of carbonyl (C=O) groups excluding carboxylic acids is 1. The number of nitrogen functional groups attached to an aromatic ring is 1. The highest BCUT2D eigenvalue weighted by molar-refractivity contribution is 5.78. The van der Waals surface area contributed by atoms with E-state index in [1.165, 1.54) is 12.8 Å². The molecule has 1 amide bonds. The van der Waals surface area contributed by atoms with Crippen LogP contribution in [-0.4, -0.2) is 42.7 Å². The fourth-order valence-electron chi connectivity index (χ4n) is 3.24. The smallest absolute Gasteiger partial charge is 0.260 e. The van der Waals surface area contributed by atoms with Crippen LogP contribution in [0, 0.1) is 0 Å². The van der Waals surface area contributed by atoms with Gasteiger partial charge >= 0.3 is 0 Å². The summed E-state index contributed by atoms with van der Waals surface area (Å²) in [6.45, 7) is 1.32. The molecule has 5 heteroatoms. The highest BCUT2D eigenvalue weighted by atomic mass is 16.5. The minimum Gasteiger partial charge on any atom is -0.482 e. The number of ether oxygens (including phenoxy) is 2. The molecular weight excluding hydrogens is 268 g/mol. The summed E-state index contributed by atoms with van der Waals surface area (Å²) in [4.78, 5) is 14.4. The van der Waals surface area contributed by atoms with E-state index in [1.54, 1.807) is 12.1 Å². The van der Waals surface area contributed by atoms with Crippen LogP contribution in [0.5, 0.6) is 5.75 Å². The molecule has 1 aliphatic carbocycles. The molecule has 1 saturated heterocycles. The second kappa shape index (κ2) is 6.35. The quantitative estimate of drug-likeness (QED) is 0.862. The highest BCUT2D eigenvalue weighted by Crippen LogP contribution is 2.28. The van der Waals surface area contributed by atoms with Crippen LogP contribution in [0.25, 0.3) is 0 Å². The van der Waals surface area contributed by atoms with Crippen molar-refractivity contribution in [2.45, 2.75) is 37.8 Å². The van der Waals surface area contributed by atoms with E-state index in [0.717, 1.165) is 12.8 Å². The number of fused-ring (bicyclic) bond motifs is 1. The van der Waals surface area contributed by atoms with Crippen LogP contribution in [0.2, 0.25) is 0 Å². The Morgan fingerprint density at radius 1 is 1.33 bits per heavy atom. The maximum Gasteiger partial charge on any atom is 0.260 e. The lowest BCUT2D eigenvalue weighted by molar-refractivity contribution is -0.151. The number of benzene rings is 1. The molecular formula is C16H22N2O3. The standard InChI is InChI=1S/C16H22N2O3/c17-12-5-1-3-7-14(12)21-11-16(19)18-9-10-20-15-8-4-2-6-13(15)18/h1,3,5,7,13,15H,2,4,6,8-11,17H2. The van der Waals surface area contributed by atoms with E-state index in [4.69, 9.17) is 15.2 Å². The number of para-hydroxylation sites is 2. The van der Waals surface area contributed by atoms with Gasteiger partial charge in [-0.2, -0.15) is 0 Å². The first-order valence-electron chi connectivity index (χ1n) is 7.64. The van der Waals surface area contributed by atoms with Crippen LogP contribution < -0.4 is 10.5 Å². The van der Waals surface area contributed by atoms with Gasteiger partial charge in [-0.05, 0) is 25.0 Å². The Morgan fingerprint density at radius 3 is 3.00 bits per heavy atom. The molecule has 3 rings (SSSR count). The number of hydrogen-bond acceptors (Lipinski definition) is 4. The SMILES string of the molecule is Nc1ccccc1OCC(=O)N1CCOC2CCCCC21. The second-order valence-corrected chi connectivity index (χ2v) is 5.67. The fourth-order valence-corrected chi connectivity index (χ4v) is 3.24. The molecule has 2 unspecified atom stereocenters. The number of nitrogens with zero attached hydrogens (tertiary/aromatic N) is 1. The van der Waals surface area contributed by atoms with Crippen LogP contribution in [-0.2, 0) is 9.53 Å². The van der Waals surface area contributed by atoms with E-state index < -0.39 is 0 Å². The lowest BCUT2D eigenvalue weighted by atomic mass is 9.90. The molecule has 2 fully saturated rings. The monoisotopic (exact) mass is 290 g/mol. The van der Waals surface area contributed by atoms with Gasteiger partial charge < -0.3 is 20.1 Å². The second-order valence-electron chi connectivity index (χ2n) is 5.67. The predicted molar refractivity (Wildman–Crippen MR) is 80.1 cm³/mol. The molecule has 2 N–H and O–H groups in total. The molecule has 2 atom stereocenters. The van der Waals surface area contributed by atoms with Crippen molar-refractivity contribution in [2.24, 2.45) is 0 Å². The molecule has 1 aromatic carbocycles. The molecule has 0 aromatic heterocycles. The van der Waals surface area contributed by atoms with Gasteiger partial charge in [-0.1, -0.05) is 25.0 Å². The van der Waals surface area contributed by atoms with Gasteiger partial charge in [0.25, 0.3) is 5.91 Å². The minimum absolute atomic E-state index is 0.0263. The fraction of sp³-hybridized carbons (Fsp3) is 0.562. The average Bonchev–Trinajstić information content (AvgIpc) is 2.53. The van der Waals surface area contributed by atoms with Crippen molar-refractivity contribution in [1.82, 2.24) is 4.90 Å². The third-order valence-electron chi connectivity index (χ3n) is 4.32. The Bertz CT molecular complexity index is 504. The average molecular weight is 290 g/mol. The maximum absolute atomic E-state index is 12.4. The highest BCUT2D eigenvalue weighted by Gasteiger charge is 2.36. The first-order valence-corrected chi connectivity index (χ1v) is 7.64. The van der Waals surface area contributed by atoms with Crippen LogP contribution in [0.15, 0.2) is 24.3 Å². The summed E-state index contributed by atoms with van der Waals surface area (Å²) >= 11 is 0. The summed E-state index contributed by atoms with van der Waals surface area (Å²) in [5.74, 6) is 0.595. The van der Waals surface area contributed by atoms with Gasteiger partial charge in [0.05, 0.1) is 24.4 Å². The van der Waals surface area contributed by atoms with E-state index in [1.807, 2.05) is 17.0 Å². The van der Waals surface area contributed by atoms with E-state index in [2.05, 4.69) is 0 Å². The van der Waals surface area contributed by atoms with Crippen molar-refractivity contribution in [3.05, 3.63) is 24.3 Å². The molecule has 5 nitrogen and oxygen atoms in total. The van der Waals surface area contributed by atoms with Crippen LogP contribution in [0.3, 0.4) is 0 Å². The van der Waals surface area contributed by atoms with Gasteiger partial charge in [0.1, 0.15) is 5.75 Å². The summed E-state index contributed by atoms with van der Waals surface area (Å²) < 4.78 is 11.4. The number of carbonyl (C=O) groups is 1. The lowest BCUT2D eigenvalue weighted by Gasteiger charge is -2.43. The van der Waals surface area contributed by atoms with Crippen molar-refractivity contribution >= 4 is 11.6 Å². The van der Waals surface area contributed by atoms with Gasteiger partial charge in [0.2, 0.25) is 0 Å². The minimum atomic E-state index is 0.0263. The van der Waals surface area contributed by atoms with Gasteiger partial charge in [-0.3, -0.25) is 4.79 Å². The zero-order valence-electron chi connectivity index (χ0n) is 12.2. The Morgan fingerprint density at radius 2 is 2.14 bits per heavy atom. The Balaban J connectivity index is 1.60. The van der Waals surface area contributed by atoms with Crippen molar-refractivity contribution in [3.63, 3.8) is 0 Å². The third kappa shape index (κ3) is 3.13. The largest absolute Gasteiger partial charge is 0.482 e. The van der Waals surface area contributed by atoms with E-state index in [9.17, 15) is 4.79 Å². The van der Waals surface area contributed by atoms with E-state index in [-0.39, 0.29) is 24.7 Å². The molecule has 2 aliphatic rings. The van der Waals surface area contributed by atoms with Crippen LogP contribution >= 0.6 is 0 Å². The zero-order valence-corrected chi connectivity index (χ0v) is 12.2. The zero-order chi connectivity index (χ0) is 14.7. The molecule has 1 saturated carbocycles. The molecule has 1 aliphatic heterocycles. The van der Waals surface area contributed by atoms with Crippen molar-refractivity contribution in [3.8, 4) is 5.75 Å². The van der Waals surface area contributed by atoms with E-state index >= 15 is 0 Å². The number of rotatable bonds is 3. The number of nitrogens with two attached hydrogens (primary N) is 1. The topological polar surface area (TPSA) is 64.8 Å². The summed E-state index contributed by atoms with van der Waals surface area (Å²) in [7, 11) is 0. The van der Waals surface area contributed by atoms with Crippen LogP contribution in [0.4, 0.5) is 5.69 Å². The van der Waals surface area contributed by atoms with E-state index in [0.29, 0.717) is 24.6 Å². The molecule has 114 valence electrons. The number of hydrogen-bond donors (Lipinski definition) is 1. The molecule has 1 heterocycles. The summed E-state index contributed by atoms with van der Waals surface area (Å²) in [6.07, 6.45) is 4.66. The summed E-state index contributed by atoms with van der Waals surface area (Å²) in [6, 6.07) is 7.47. The van der Waals surface area contributed by atoms with Crippen molar-refractivity contribution in [2.75, 3.05) is 25.5 Å². The van der Waals surface area contributed by atoms with Gasteiger partial charge in [0, 0.05) is 6.54 Å². The van der Waals surface area contributed by atoms with Gasteiger partial charge in [-0.15, -0.1) is 0 Å². The third-order valence-corrected chi connectivity index (χ3v) is 4.32. The number of anilines is 1. The lowest BCUT2D eigenvalue weighted by Crippen LogP contribution is -2.55.